The molecule has 108 valence electrons. The lowest BCUT2D eigenvalue weighted by atomic mass is 10.1. The van der Waals surface area contributed by atoms with Crippen LogP contribution in [0.15, 0.2) is 6.07 Å². The Morgan fingerprint density at radius 1 is 1.53 bits per heavy atom. The standard InChI is InChI=1S/C12H20N2O2S3/c1-19(15,16)6-2-3-10(14-13)12-7-9-8-17-5-4-11(9)18-12/h7,10,14H,2-6,8,13H2,1H3. The van der Waals surface area contributed by atoms with Crippen molar-refractivity contribution < 1.29 is 8.42 Å². The van der Waals surface area contributed by atoms with Gasteiger partial charge in [0.2, 0.25) is 0 Å². The fraction of sp³-hybridized carbons (Fsp3) is 0.667. The molecule has 0 saturated carbocycles. The summed E-state index contributed by atoms with van der Waals surface area (Å²) in [4.78, 5) is 2.71. The van der Waals surface area contributed by atoms with E-state index in [1.54, 1.807) is 0 Å². The summed E-state index contributed by atoms with van der Waals surface area (Å²) < 4.78 is 22.3. The van der Waals surface area contributed by atoms with Crippen LogP contribution in [0.1, 0.15) is 34.2 Å². The predicted octanol–water partition coefficient (Wildman–Crippen LogP) is 1.87. The molecule has 0 spiro atoms. The van der Waals surface area contributed by atoms with E-state index in [0.717, 1.165) is 18.6 Å². The number of hydrazine groups is 1. The maximum absolute atomic E-state index is 11.1. The van der Waals surface area contributed by atoms with E-state index in [2.05, 4.69) is 11.5 Å². The van der Waals surface area contributed by atoms with Crippen molar-refractivity contribution in [3.05, 3.63) is 21.4 Å². The molecule has 0 aromatic carbocycles. The fourth-order valence-electron chi connectivity index (χ4n) is 2.20. The van der Waals surface area contributed by atoms with Crippen LogP contribution < -0.4 is 11.3 Å². The number of thioether (sulfide) groups is 1. The van der Waals surface area contributed by atoms with Gasteiger partial charge in [-0.25, -0.2) is 8.42 Å². The number of sulfone groups is 1. The van der Waals surface area contributed by atoms with Crippen molar-refractivity contribution in [3.63, 3.8) is 0 Å². The largest absolute Gasteiger partial charge is 0.271 e. The molecule has 3 N–H and O–H groups in total. The summed E-state index contributed by atoms with van der Waals surface area (Å²) >= 11 is 3.79. The molecule has 19 heavy (non-hydrogen) atoms. The van der Waals surface area contributed by atoms with Gasteiger partial charge in [0.25, 0.3) is 0 Å². The smallest absolute Gasteiger partial charge is 0.147 e. The van der Waals surface area contributed by atoms with Crippen molar-refractivity contribution in [1.29, 1.82) is 0 Å². The summed E-state index contributed by atoms with van der Waals surface area (Å²) in [6.45, 7) is 0. The van der Waals surface area contributed by atoms with Gasteiger partial charge in [-0.05, 0) is 36.6 Å². The number of fused-ring (bicyclic) bond motifs is 1. The third kappa shape index (κ3) is 4.46. The molecule has 1 aliphatic rings. The van der Waals surface area contributed by atoms with Crippen LogP contribution in [-0.2, 0) is 22.0 Å². The first-order valence-corrected chi connectivity index (χ1v) is 10.4. The summed E-state index contributed by atoms with van der Waals surface area (Å²) in [5.41, 5.74) is 4.25. The van der Waals surface area contributed by atoms with Crippen molar-refractivity contribution in [2.45, 2.75) is 31.1 Å². The van der Waals surface area contributed by atoms with Gasteiger partial charge in [0.1, 0.15) is 9.84 Å². The molecule has 0 aliphatic carbocycles. The van der Waals surface area contributed by atoms with Crippen LogP contribution in [0.4, 0.5) is 0 Å². The lowest BCUT2D eigenvalue weighted by Crippen LogP contribution is -2.27. The second-order valence-electron chi connectivity index (χ2n) is 4.89. The molecule has 0 radical (unpaired) electrons. The summed E-state index contributed by atoms with van der Waals surface area (Å²) in [6.07, 6.45) is 3.82. The van der Waals surface area contributed by atoms with Gasteiger partial charge in [0.15, 0.2) is 0 Å². The monoisotopic (exact) mass is 320 g/mol. The molecule has 1 unspecified atom stereocenters. The third-order valence-corrected chi connectivity index (χ3v) is 6.59. The van der Waals surface area contributed by atoms with Crippen molar-refractivity contribution >= 4 is 32.9 Å². The number of nitrogens with one attached hydrogen (secondary N) is 1. The second-order valence-corrected chi connectivity index (χ2v) is 9.42. The first-order valence-electron chi connectivity index (χ1n) is 6.32. The number of rotatable bonds is 6. The Balaban J connectivity index is 1.99. The van der Waals surface area contributed by atoms with Gasteiger partial charge < -0.3 is 0 Å². The Hall–Kier alpha value is -0.0800. The van der Waals surface area contributed by atoms with Crippen LogP contribution >= 0.6 is 23.1 Å². The van der Waals surface area contributed by atoms with Crippen molar-refractivity contribution in [3.8, 4) is 0 Å². The number of hydrogen-bond acceptors (Lipinski definition) is 6. The molecular weight excluding hydrogens is 300 g/mol. The van der Waals surface area contributed by atoms with Gasteiger partial charge in [-0.15, -0.1) is 11.3 Å². The van der Waals surface area contributed by atoms with E-state index in [-0.39, 0.29) is 11.8 Å². The van der Waals surface area contributed by atoms with Crippen molar-refractivity contribution in [2.24, 2.45) is 5.84 Å². The average molecular weight is 321 g/mol. The molecule has 1 atom stereocenters. The molecule has 2 rings (SSSR count). The van der Waals surface area contributed by atoms with E-state index in [0.29, 0.717) is 6.42 Å². The Bertz CT molecular complexity index is 502. The van der Waals surface area contributed by atoms with Gasteiger partial charge in [-0.3, -0.25) is 11.3 Å². The van der Waals surface area contributed by atoms with Crippen LogP contribution in [0.2, 0.25) is 0 Å². The third-order valence-electron chi connectivity index (χ3n) is 3.20. The first-order chi connectivity index (χ1) is 8.99. The van der Waals surface area contributed by atoms with E-state index in [1.807, 2.05) is 23.1 Å². The zero-order valence-corrected chi connectivity index (χ0v) is 13.5. The summed E-state index contributed by atoms with van der Waals surface area (Å²) in [5, 5.41) is 0. The molecule has 7 heteroatoms. The van der Waals surface area contributed by atoms with Gasteiger partial charge in [0, 0.05) is 27.5 Å². The van der Waals surface area contributed by atoms with Gasteiger partial charge in [-0.2, -0.15) is 11.8 Å². The van der Waals surface area contributed by atoms with E-state index < -0.39 is 9.84 Å². The highest BCUT2D eigenvalue weighted by Gasteiger charge is 2.19. The first kappa shape index (κ1) is 15.3. The van der Waals surface area contributed by atoms with Crippen molar-refractivity contribution in [1.82, 2.24) is 5.43 Å². The Labute approximate surface area is 123 Å². The van der Waals surface area contributed by atoms with E-state index >= 15 is 0 Å². The Kier molecular flexibility index (Phi) is 5.30. The molecule has 4 nitrogen and oxygen atoms in total. The number of aryl methyl sites for hydroxylation is 1. The highest BCUT2D eigenvalue weighted by Crippen LogP contribution is 2.35. The van der Waals surface area contributed by atoms with Crippen LogP contribution in [0.25, 0.3) is 0 Å². The number of nitrogens with two attached hydrogens (primary N) is 1. The molecule has 2 heterocycles. The lowest BCUT2D eigenvalue weighted by molar-refractivity contribution is 0.514. The Morgan fingerprint density at radius 2 is 2.32 bits per heavy atom. The second kappa shape index (κ2) is 6.58. The van der Waals surface area contributed by atoms with Crippen molar-refractivity contribution in [2.75, 3.05) is 17.8 Å². The van der Waals surface area contributed by atoms with Gasteiger partial charge in [-0.1, -0.05) is 0 Å². The molecule has 1 aliphatic heterocycles. The van der Waals surface area contributed by atoms with Gasteiger partial charge in [0.05, 0.1) is 6.04 Å². The number of hydrogen-bond donors (Lipinski definition) is 2. The summed E-state index contributed by atoms with van der Waals surface area (Å²) in [5.74, 6) is 8.13. The van der Waals surface area contributed by atoms with Crippen LogP contribution in [-0.4, -0.2) is 26.2 Å². The zero-order chi connectivity index (χ0) is 13.9. The van der Waals surface area contributed by atoms with Crippen LogP contribution in [0, 0.1) is 0 Å². The minimum absolute atomic E-state index is 0.0716. The normalized spacial score (nSPS) is 17.2. The summed E-state index contributed by atoms with van der Waals surface area (Å²) in [7, 11) is -2.88. The molecule has 0 bridgehead atoms. The maximum Gasteiger partial charge on any atom is 0.147 e. The van der Waals surface area contributed by atoms with E-state index in [1.165, 1.54) is 27.3 Å². The summed E-state index contributed by atoms with van der Waals surface area (Å²) in [6, 6.07) is 2.30. The topological polar surface area (TPSA) is 72.2 Å². The molecule has 1 aromatic heterocycles. The predicted molar refractivity (Wildman–Crippen MR) is 83.2 cm³/mol. The fourth-order valence-corrected chi connectivity index (χ4v) is 5.36. The quantitative estimate of drug-likeness (QED) is 0.618. The molecular formula is C12H20N2O2S3. The highest BCUT2D eigenvalue weighted by molar-refractivity contribution is 7.98. The maximum atomic E-state index is 11.1. The highest BCUT2D eigenvalue weighted by atomic mass is 32.2. The molecule has 1 aromatic rings. The number of thiophene rings is 1. The van der Waals surface area contributed by atoms with Gasteiger partial charge >= 0.3 is 0 Å². The minimum atomic E-state index is -2.88. The molecule has 0 saturated heterocycles. The van der Waals surface area contributed by atoms with E-state index in [4.69, 9.17) is 5.84 Å². The van der Waals surface area contributed by atoms with E-state index in [9.17, 15) is 8.42 Å². The zero-order valence-electron chi connectivity index (χ0n) is 11.0. The lowest BCUT2D eigenvalue weighted by Gasteiger charge is -2.13. The molecule has 0 amide bonds. The van der Waals surface area contributed by atoms with Crippen LogP contribution in [0.3, 0.4) is 0 Å². The SMILES string of the molecule is CS(=O)(=O)CCCC(NN)c1cc2c(s1)CCSC2. The molecule has 0 fully saturated rings. The average Bonchev–Trinajstić information content (AvgIpc) is 2.76. The minimum Gasteiger partial charge on any atom is -0.271 e. The van der Waals surface area contributed by atoms with Crippen LogP contribution in [0.5, 0.6) is 0 Å². The Morgan fingerprint density at radius 3 is 2.95 bits per heavy atom.